The van der Waals surface area contributed by atoms with Crippen LogP contribution in [0.1, 0.15) is 43.7 Å². The van der Waals surface area contributed by atoms with Gasteiger partial charge in [0.05, 0.1) is 57.9 Å². The summed E-state index contributed by atoms with van der Waals surface area (Å²) in [5.74, 6) is -0.669. The van der Waals surface area contributed by atoms with E-state index >= 15 is 0 Å². The molecule has 2 fully saturated rings. The van der Waals surface area contributed by atoms with Gasteiger partial charge < -0.3 is 47.7 Å². The molecule has 7 aromatic carbocycles. The third-order valence-corrected chi connectivity index (χ3v) is 13.1. The lowest BCUT2D eigenvalue weighted by atomic mass is 9.83. The first-order valence-electron chi connectivity index (χ1n) is 25.2. The maximum Gasteiger partial charge on any atom is 0.338 e. The number of azide groups is 1. The minimum atomic E-state index is -1.47. The quantitative estimate of drug-likeness (QED) is 0.0265. The van der Waals surface area contributed by atoms with Crippen LogP contribution in [0.15, 0.2) is 217 Å². The van der Waals surface area contributed by atoms with Crippen molar-refractivity contribution in [1.29, 1.82) is 0 Å². The van der Waals surface area contributed by atoms with Gasteiger partial charge in [-0.15, -0.1) is 0 Å². The summed E-state index contributed by atoms with van der Waals surface area (Å²) < 4.78 is 61.7. The Morgan fingerprint density at radius 1 is 0.453 bits per heavy atom. The first-order chi connectivity index (χ1) is 37.0. The van der Waals surface area contributed by atoms with Gasteiger partial charge in [-0.2, -0.15) is 0 Å². The minimum absolute atomic E-state index is 0.0547. The molecule has 2 aliphatic rings. The molecule has 14 heteroatoms. The summed E-state index contributed by atoms with van der Waals surface area (Å²) in [5.41, 5.74) is 15.7. The Labute approximate surface area is 437 Å². The summed E-state index contributed by atoms with van der Waals surface area (Å²) >= 11 is 0. The molecule has 75 heavy (non-hydrogen) atoms. The molecular formula is C61H61N3O11. The molecule has 0 unspecified atom stereocenters. The number of hydrogen-bond donors (Lipinski definition) is 1. The van der Waals surface area contributed by atoms with Crippen LogP contribution in [-0.2, 0) is 82.3 Å². The summed E-state index contributed by atoms with van der Waals surface area (Å²) in [4.78, 5) is 17.9. The molecule has 0 bridgehead atoms. The van der Waals surface area contributed by atoms with Gasteiger partial charge in [-0.3, -0.25) is 0 Å². The summed E-state index contributed by atoms with van der Waals surface area (Å²) in [6, 6.07) is 65.2. The smallest absolute Gasteiger partial charge is 0.338 e. The van der Waals surface area contributed by atoms with E-state index in [0.717, 1.165) is 33.4 Å². The highest BCUT2D eigenvalue weighted by atomic mass is 16.7. The fourth-order valence-electron chi connectivity index (χ4n) is 9.32. The van der Waals surface area contributed by atoms with E-state index in [4.69, 9.17) is 42.6 Å². The zero-order valence-electron chi connectivity index (χ0n) is 41.4. The Bertz CT molecular complexity index is 2800. The van der Waals surface area contributed by atoms with E-state index in [1.54, 1.807) is 24.3 Å². The number of aliphatic hydroxyl groups is 1. The van der Waals surface area contributed by atoms with Gasteiger partial charge in [-0.05, 0) is 51.0 Å². The Hall–Kier alpha value is -7.04. The van der Waals surface area contributed by atoms with Gasteiger partial charge >= 0.3 is 5.97 Å². The van der Waals surface area contributed by atoms with Crippen LogP contribution in [-0.4, -0.2) is 85.0 Å². The molecular weight excluding hydrogens is 951 g/mol. The van der Waals surface area contributed by atoms with Crippen molar-refractivity contribution < 1.29 is 52.5 Å². The standard InChI is InChI=1S/C61H61N3O11/c62-64-63-51-53(68-37-44-24-10-2-11-25-44)52(65)50(42-67-36-43-22-8-1-9-23-43)73-61(51)75-59-57(72-41-48-32-18-6-19-33-48)55(70-39-46-28-14-4-15-29-46)54(69-38-45-26-12-3-13-27-45)56(71-40-47-30-16-5-17-31-47)58(59)74-60(66)49-34-20-7-21-35-49/h1-35,50-59,61,65H,36-42H2/t50-,51-,52-,53-,54-,55-,56-,57+,58-,59-,61-/m1/s1. The number of carbonyl (C=O) groups excluding carboxylic acids is 1. The Morgan fingerprint density at radius 2 is 0.787 bits per heavy atom. The molecule has 7 aromatic rings. The predicted octanol–water partition coefficient (Wildman–Crippen LogP) is 10.5. The second-order valence-corrected chi connectivity index (χ2v) is 18.4. The summed E-state index contributed by atoms with van der Waals surface area (Å²) in [6.07, 6.45) is -11.9. The van der Waals surface area contributed by atoms with Crippen molar-refractivity contribution in [2.24, 2.45) is 5.11 Å². The molecule has 1 aliphatic heterocycles. The first-order valence-corrected chi connectivity index (χ1v) is 25.2. The first kappa shape index (κ1) is 52.8. The number of nitrogens with zero attached hydrogens (tertiary/aromatic N) is 3. The topological polar surface area (TPSA) is 169 Å². The number of hydrogen-bond acceptors (Lipinski definition) is 12. The number of carbonyl (C=O) groups is 1. The Balaban J connectivity index is 1.17. The van der Waals surface area contributed by atoms with Crippen LogP contribution >= 0.6 is 0 Å². The average Bonchev–Trinajstić information content (AvgIpc) is 3.46. The molecule has 11 atom stereocenters. The van der Waals surface area contributed by atoms with Crippen molar-refractivity contribution in [3.63, 3.8) is 0 Å². The number of aliphatic hydroxyl groups excluding tert-OH is 1. The monoisotopic (exact) mass is 1010 g/mol. The summed E-state index contributed by atoms with van der Waals surface area (Å²) in [5, 5.41) is 16.4. The van der Waals surface area contributed by atoms with E-state index in [-0.39, 0.29) is 51.8 Å². The summed E-state index contributed by atoms with van der Waals surface area (Å²) in [7, 11) is 0. The van der Waals surface area contributed by atoms with Crippen LogP contribution in [0.3, 0.4) is 0 Å². The fraction of sp³-hybridized carbons (Fsp3) is 0.295. The average molecular weight is 1010 g/mol. The third kappa shape index (κ3) is 14.6. The minimum Gasteiger partial charge on any atom is -0.453 e. The second-order valence-electron chi connectivity index (χ2n) is 18.4. The third-order valence-electron chi connectivity index (χ3n) is 13.1. The van der Waals surface area contributed by atoms with E-state index in [1.165, 1.54) is 0 Å². The van der Waals surface area contributed by atoms with Gasteiger partial charge in [-0.1, -0.05) is 205 Å². The van der Waals surface area contributed by atoms with E-state index in [0.29, 0.717) is 0 Å². The maximum absolute atomic E-state index is 14.7. The molecule has 1 saturated heterocycles. The van der Waals surface area contributed by atoms with Crippen molar-refractivity contribution in [1.82, 2.24) is 0 Å². The van der Waals surface area contributed by atoms with Crippen LogP contribution in [0.2, 0.25) is 0 Å². The van der Waals surface area contributed by atoms with E-state index in [9.17, 15) is 15.4 Å². The predicted molar refractivity (Wildman–Crippen MR) is 279 cm³/mol. The van der Waals surface area contributed by atoms with Gasteiger partial charge in [0.1, 0.15) is 48.8 Å². The molecule has 1 heterocycles. The SMILES string of the molecule is [N-]=[N+]=N[C@H]1[C@@H](O[C@@H]2[C@@H](OCc3ccccc3)[C@H](OCc3ccccc3)[C@@H](OCc3ccccc3)[C@@H](OCc3ccccc3)[C@H]2OC(=O)c2ccccc2)O[C@H](COCc2ccccc2)[C@@H](O)[C@@H]1OCc1ccccc1. The maximum atomic E-state index is 14.7. The lowest BCUT2D eigenvalue weighted by Crippen LogP contribution is -2.69. The van der Waals surface area contributed by atoms with Crippen molar-refractivity contribution in [3.05, 3.63) is 262 Å². The molecule has 1 N–H and O–H groups in total. The van der Waals surface area contributed by atoms with Crippen LogP contribution < -0.4 is 0 Å². The van der Waals surface area contributed by atoms with Gasteiger partial charge in [0.25, 0.3) is 0 Å². The van der Waals surface area contributed by atoms with Gasteiger partial charge in [0.15, 0.2) is 12.4 Å². The number of esters is 1. The van der Waals surface area contributed by atoms with Gasteiger partial charge in [0.2, 0.25) is 0 Å². The molecule has 14 nitrogen and oxygen atoms in total. The zero-order chi connectivity index (χ0) is 51.4. The highest BCUT2D eigenvalue weighted by Crippen LogP contribution is 2.39. The van der Waals surface area contributed by atoms with Crippen molar-refractivity contribution in [3.8, 4) is 0 Å². The van der Waals surface area contributed by atoms with Crippen molar-refractivity contribution in [2.45, 2.75) is 107 Å². The fourth-order valence-corrected chi connectivity index (χ4v) is 9.32. The van der Waals surface area contributed by atoms with Crippen LogP contribution in [0.25, 0.3) is 10.4 Å². The zero-order valence-corrected chi connectivity index (χ0v) is 41.4. The molecule has 0 amide bonds. The van der Waals surface area contributed by atoms with Crippen LogP contribution in [0.5, 0.6) is 0 Å². The Kier molecular flexibility index (Phi) is 19.4. The van der Waals surface area contributed by atoms with Crippen LogP contribution in [0, 0.1) is 0 Å². The molecule has 0 radical (unpaired) electrons. The van der Waals surface area contributed by atoms with Gasteiger partial charge in [-0.25, -0.2) is 4.79 Å². The lowest BCUT2D eigenvalue weighted by Gasteiger charge is -2.51. The number of benzene rings is 7. The molecule has 386 valence electrons. The second kappa shape index (κ2) is 27.5. The Morgan fingerprint density at radius 3 is 1.17 bits per heavy atom. The molecule has 1 saturated carbocycles. The summed E-state index contributed by atoms with van der Waals surface area (Å²) in [6.45, 7) is 0.571. The molecule has 0 spiro atoms. The number of rotatable bonds is 24. The van der Waals surface area contributed by atoms with E-state index in [2.05, 4.69) is 10.0 Å². The molecule has 0 aromatic heterocycles. The largest absolute Gasteiger partial charge is 0.453 e. The van der Waals surface area contributed by atoms with E-state index < -0.39 is 73.2 Å². The normalized spacial score (nSPS) is 24.4. The highest BCUT2D eigenvalue weighted by Gasteiger charge is 2.58. The lowest BCUT2D eigenvalue weighted by molar-refractivity contribution is -0.334. The van der Waals surface area contributed by atoms with Crippen molar-refractivity contribution in [2.75, 3.05) is 6.61 Å². The van der Waals surface area contributed by atoms with Gasteiger partial charge in [0, 0.05) is 4.91 Å². The van der Waals surface area contributed by atoms with Crippen molar-refractivity contribution >= 4 is 5.97 Å². The molecule has 9 rings (SSSR count). The highest BCUT2D eigenvalue weighted by molar-refractivity contribution is 5.89. The number of ether oxygens (including phenoxy) is 9. The van der Waals surface area contributed by atoms with Crippen LogP contribution in [0.4, 0.5) is 0 Å². The van der Waals surface area contributed by atoms with E-state index in [1.807, 2.05) is 188 Å². The molecule has 1 aliphatic carbocycles.